The summed E-state index contributed by atoms with van der Waals surface area (Å²) in [5, 5.41) is 2.54. The second kappa shape index (κ2) is 9.84. The maximum absolute atomic E-state index is 4.61. The Kier molecular flexibility index (Phi) is 7.08. The van der Waals surface area contributed by atoms with Gasteiger partial charge in [-0.05, 0) is 45.3 Å². The fourth-order valence-electron chi connectivity index (χ4n) is 4.35. The van der Waals surface area contributed by atoms with E-state index < -0.39 is 0 Å². The van der Waals surface area contributed by atoms with Crippen LogP contribution in [-0.2, 0) is 25.5 Å². The van der Waals surface area contributed by atoms with Crippen LogP contribution in [-0.4, -0.2) is 9.97 Å². The van der Waals surface area contributed by atoms with Crippen molar-refractivity contribution in [1.82, 2.24) is 9.97 Å². The molecule has 1 radical (unpaired) electrons. The molecule has 3 aromatic carbocycles. The van der Waals surface area contributed by atoms with Crippen molar-refractivity contribution in [2.24, 2.45) is 0 Å². The third-order valence-corrected chi connectivity index (χ3v) is 6.61. The third kappa shape index (κ3) is 4.52. The van der Waals surface area contributed by atoms with Gasteiger partial charge in [0.05, 0.1) is 0 Å². The van der Waals surface area contributed by atoms with Crippen LogP contribution in [0.1, 0.15) is 25.0 Å². The van der Waals surface area contributed by atoms with Gasteiger partial charge in [-0.3, -0.25) is 0 Å². The van der Waals surface area contributed by atoms with E-state index in [-0.39, 0.29) is 25.5 Å². The molecule has 0 amide bonds. The molecule has 6 rings (SSSR count). The van der Waals surface area contributed by atoms with Gasteiger partial charge < -0.3 is 9.97 Å². The smallest absolute Gasteiger partial charge is 0.0167 e. The van der Waals surface area contributed by atoms with E-state index in [1.165, 1.54) is 25.5 Å². The van der Waals surface area contributed by atoms with Crippen LogP contribution in [0.2, 0.25) is 0 Å². The molecule has 33 heavy (non-hydrogen) atoms. The topological polar surface area (TPSA) is 25.8 Å². The number of rotatable bonds is 1. The normalized spacial score (nSPS) is 12.7. The van der Waals surface area contributed by atoms with Crippen LogP contribution in [0.5, 0.6) is 0 Å². The minimum atomic E-state index is 0. The Labute approximate surface area is 222 Å². The van der Waals surface area contributed by atoms with Gasteiger partial charge >= 0.3 is 0 Å². The fraction of sp³-hybridized carbons (Fsp3) is 0.103. The van der Waals surface area contributed by atoms with Crippen LogP contribution in [0, 0.1) is 15.7 Å². The molecule has 0 spiro atoms. The molecule has 1 aliphatic carbocycles. The van der Waals surface area contributed by atoms with Gasteiger partial charge in [-0.1, -0.05) is 70.3 Å². The van der Waals surface area contributed by atoms with Gasteiger partial charge in [-0.2, -0.15) is 0 Å². The molecule has 0 saturated heterocycles. The van der Waals surface area contributed by atoms with Crippen LogP contribution in [0.3, 0.4) is 0 Å². The van der Waals surface area contributed by atoms with Gasteiger partial charge in [0.2, 0.25) is 0 Å². The summed E-state index contributed by atoms with van der Waals surface area (Å²) in [4.78, 5) is 8.87. The molecule has 2 nitrogen and oxygen atoms in total. The van der Waals surface area contributed by atoms with Gasteiger partial charge in [0.1, 0.15) is 0 Å². The van der Waals surface area contributed by atoms with E-state index in [1.54, 1.807) is 6.20 Å². The Morgan fingerprint density at radius 2 is 1.64 bits per heavy atom. The van der Waals surface area contributed by atoms with Gasteiger partial charge in [0, 0.05) is 32.5 Å². The van der Waals surface area contributed by atoms with E-state index in [4.69, 9.17) is 0 Å². The number of hydrogen-bond donors (Lipinski definition) is 0. The second-order valence-corrected chi connectivity index (χ2v) is 9.53. The Morgan fingerprint density at radius 3 is 2.42 bits per heavy atom. The maximum Gasteiger partial charge on any atom is 0.0167 e. The van der Waals surface area contributed by atoms with Crippen LogP contribution < -0.4 is 0 Å². The molecule has 4 heteroatoms. The van der Waals surface area contributed by atoms with Gasteiger partial charge in [-0.15, -0.1) is 65.2 Å². The van der Waals surface area contributed by atoms with Crippen molar-refractivity contribution >= 4 is 33.4 Å². The van der Waals surface area contributed by atoms with E-state index in [0.29, 0.717) is 0 Å². The van der Waals surface area contributed by atoms with Crippen LogP contribution in [0.4, 0.5) is 0 Å². The van der Waals surface area contributed by atoms with Crippen LogP contribution >= 0.6 is 22.6 Å². The number of halogens is 1. The predicted molar refractivity (Wildman–Crippen MR) is 139 cm³/mol. The summed E-state index contributed by atoms with van der Waals surface area (Å²) < 4.78 is 1.21. The molecule has 2 heterocycles. The SMILES string of the molecule is CC1(C)c2ccc[c-]c2-c2nccc3cccc1c23.Ic1cc[c-]c(-c2ccccn2)c1.[Ir]. The molecule has 0 bridgehead atoms. The van der Waals surface area contributed by atoms with Gasteiger partial charge in [-0.25, -0.2) is 0 Å². The molecule has 0 aliphatic heterocycles. The Balaban J connectivity index is 0.000000164. The molecule has 0 fully saturated rings. The number of nitrogens with zero attached hydrogens (tertiary/aromatic N) is 2. The first-order chi connectivity index (χ1) is 15.6. The average molecular weight is 717 g/mol. The molecule has 0 unspecified atom stereocenters. The minimum Gasteiger partial charge on any atom is -0.305 e. The zero-order valence-electron chi connectivity index (χ0n) is 18.3. The molecule has 0 atom stereocenters. The van der Waals surface area contributed by atoms with E-state index in [9.17, 15) is 0 Å². The summed E-state index contributed by atoms with van der Waals surface area (Å²) in [5.74, 6) is 0. The standard InChI is InChI=1S/C18H14N.C11H7IN.Ir/c1-18(2)14-8-4-3-7-13(14)17-16-12(10-11-19-17)6-5-9-15(16)18;12-10-5-3-4-9(8-10)11-6-1-2-7-13-11;/h3-6,8-11H,1-2H3;1-3,5-8H;/q2*-1;. The summed E-state index contributed by atoms with van der Waals surface area (Å²) in [6.45, 7) is 4.56. The van der Waals surface area contributed by atoms with Crippen molar-refractivity contribution < 1.29 is 20.1 Å². The summed E-state index contributed by atoms with van der Waals surface area (Å²) in [6, 6.07) is 33.3. The Morgan fingerprint density at radius 1 is 0.788 bits per heavy atom. The summed E-state index contributed by atoms with van der Waals surface area (Å²) in [5.41, 5.74) is 6.92. The van der Waals surface area contributed by atoms with E-state index in [0.717, 1.165) is 22.5 Å². The Bertz CT molecular complexity index is 1410. The van der Waals surface area contributed by atoms with Crippen molar-refractivity contribution in [2.75, 3.05) is 0 Å². The van der Waals surface area contributed by atoms with Crippen molar-refractivity contribution in [3.8, 4) is 22.5 Å². The van der Waals surface area contributed by atoms with Crippen molar-refractivity contribution in [1.29, 1.82) is 0 Å². The molecular weight excluding hydrogens is 695 g/mol. The molecule has 5 aromatic rings. The van der Waals surface area contributed by atoms with E-state index in [2.05, 4.69) is 101 Å². The molecule has 0 saturated carbocycles. The first-order valence-electron chi connectivity index (χ1n) is 10.5. The number of aromatic nitrogens is 2. The first-order valence-corrected chi connectivity index (χ1v) is 11.6. The van der Waals surface area contributed by atoms with E-state index in [1.807, 2.05) is 42.6 Å². The predicted octanol–water partition coefficient (Wildman–Crippen LogP) is 7.49. The van der Waals surface area contributed by atoms with Crippen LogP contribution in [0.25, 0.3) is 33.3 Å². The zero-order chi connectivity index (χ0) is 22.1. The zero-order valence-corrected chi connectivity index (χ0v) is 22.8. The summed E-state index contributed by atoms with van der Waals surface area (Å²) >= 11 is 2.28. The van der Waals surface area contributed by atoms with Gasteiger partial charge in [0.15, 0.2) is 0 Å². The monoisotopic (exact) mass is 717 g/mol. The quantitative estimate of drug-likeness (QED) is 0.133. The van der Waals surface area contributed by atoms with Crippen LogP contribution in [0.15, 0.2) is 91.3 Å². The number of fused-ring (bicyclic) bond motifs is 2. The first kappa shape index (κ1) is 23.7. The molecular formula is C29H21IIrN2-2. The van der Waals surface area contributed by atoms with Gasteiger partial charge in [0.25, 0.3) is 0 Å². The molecule has 0 N–H and O–H groups in total. The van der Waals surface area contributed by atoms with E-state index >= 15 is 0 Å². The number of hydrogen-bond acceptors (Lipinski definition) is 2. The summed E-state index contributed by atoms with van der Waals surface area (Å²) in [7, 11) is 0. The molecule has 165 valence electrons. The second-order valence-electron chi connectivity index (χ2n) is 8.28. The Hall–Kier alpha value is -2.40. The van der Waals surface area contributed by atoms with Crippen molar-refractivity contribution in [2.45, 2.75) is 19.3 Å². The largest absolute Gasteiger partial charge is 0.305 e. The minimum absolute atomic E-state index is 0. The third-order valence-electron chi connectivity index (χ3n) is 5.94. The number of pyridine rings is 2. The maximum atomic E-state index is 4.61. The van der Waals surface area contributed by atoms with Crippen molar-refractivity contribution in [3.05, 3.63) is 118 Å². The summed E-state index contributed by atoms with van der Waals surface area (Å²) in [6.07, 6.45) is 3.69. The fourth-order valence-corrected chi connectivity index (χ4v) is 4.84. The van der Waals surface area contributed by atoms with Crippen molar-refractivity contribution in [3.63, 3.8) is 0 Å². The molecule has 2 aromatic heterocycles. The number of benzene rings is 3. The average Bonchev–Trinajstić information content (AvgIpc) is 2.84. The molecule has 1 aliphatic rings.